The van der Waals surface area contributed by atoms with Crippen LogP contribution in [0.3, 0.4) is 0 Å². The molecule has 2 heterocycles. The molecule has 0 radical (unpaired) electrons. The molecule has 19 heavy (non-hydrogen) atoms. The maximum atomic E-state index is 11.8. The standard InChI is InChI=1S/C12H16N6O/c1-13-6-3-5-11(19)17-10-4-2-7-15-12(10)18-9-14-8-16-18/h2,4,7-9,13H,3,5-6H2,1H3,(H,17,19). The van der Waals surface area contributed by atoms with Crippen molar-refractivity contribution in [3.05, 3.63) is 31.0 Å². The molecule has 0 aromatic carbocycles. The molecule has 0 bridgehead atoms. The highest BCUT2D eigenvalue weighted by Gasteiger charge is 2.09. The number of rotatable bonds is 6. The Morgan fingerprint density at radius 3 is 3.11 bits per heavy atom. The Hall–Kier alpha value is -2.28. The first kappa shape index (κ1) is 13.2. The van der Waals surface area contributed by atoms with Crippen LogP contribution in [-0.2, 0) is 4.79 Å². The van der Waals surface area contributed by atoms with Crippen molar-refractivity contribution in [3.63, 3.8) is 0 Å². The zero-order chi connectivity index (χ0) is 13.5. The number of carbonyl (C=O) groups excluding carboxylic acids is 1. The molecule has 0 fully saturated rings. The minimum Gasteiger partial charge on any atom is -0.323 e. The zero-order valence-electron chi connectivity index (χ0n) is 10.7. The Morgan fingerprint density at radius 1 is 1.47 bits per heavy atom. The number of nitrogens with one attached hydrogen (secondary N) is 2. The largest absolute Gasteiger partial charge is 0.323 e. The van der Waals surface area contributed by atoms with E-state index in [1.165, 1.54) is 11.0 Å². The van der Waals surface area contributed by atoms with Crippen molar-refractivity contribution in [1.29, 1.82) is 0 Å². The molecule has 0 unspecified atom stereocenters. The van der Waals surface area contributed by atoms with E-state index in [1.54, 1.807) is 24.7 Å². The van der Waals surface area contributed by atoms with Gasteiger partial charge in [-0.25, -0.2) is 14.6 Å². The highest BCUT2D eigenvalue weighted by Crippen LogP contribution is 2.15. The van der Waals surface area contributed by atoms with Crippen LogP contribution in [0.1, 0.15) is 12.8 Å². The van der Waals surface area contributed by atoms with E-state index < -0.39 is 0 Å². The Bertz CT molecular complexity index is 525. The van der Waals surface area contributed by atoms with Crippen LogP contribution in [0.5, 0.6) is 0 Å². The SMILES string of the molecule is CNCCCC(=O)Nc1cccnc1-n1cncn1. The van der Waals surface area contributed by atoms with E-state index in [-0.39, 0.29) is 5.91 Å². The fraction of sp³-hybridized carbons (Fsp3) is 0.333. The molecule has 0 atom stereocenters. The van der Waals surface area contributed by atoms with E-state index in [0.29, 0.717) is 17.9 Å². The van der Waals surface area contributed by atoms with Gasteiger partial charge in [0.25, 0.3) is 0 Å². The van der Waals surface area contributed by atoms with Gasteiger partial charge in [0.1, 0.15) is 12.7 Å². The average Bonchev–Trinajstić information content (AvgIpc) is 2.93. The molecular formula is C12H16N6O. The summed E-state index contributed by atoms with van der Waals surface area (Å²) in [4.78, 5) is 19.9. The highest BCUT2D eigenvalue weighted by molar-refractivity contribution is 5.92. The molecule has 2 aromatic heterocycles. The normalized spacial score (nSPS) is 10.4. The van der Waals surface area contributed by atoms with Crippen molar-refractivity contribution in [2.45, 2.75) is 12.8 Å². The smallest absolute Gasteiger partial charge is 0.224 e. The van der Waals surface area contributed by atoms with Gasteiger partial charge in [0.2, 0.25) is 5.91 Å². The van der Waals surface area contributed by atoms with E-state index in [9.17, 15) is 4.79 Å². The molecule has 100 valence electrons. The van der Waals surface area contributed by atoms with E-state index in [1.807, 2.05) is 7.05 Å². The third kappa shape index (κ3) is 3.59. The first-order chi connectivity index (χ1) is 9.31. The minimum absolute atomic E-state index is 0.0374. The maximum Gasteiger partial charge on any atom is 0.224 e. The Morgan fingerprint density at radius 2 is 2.37 bits per heavy atom. The summed E-state index contributed by atoms with van der Waals surface area (Å²) in [5.74, 6) is 0.520. The first-order valence-electron chi connectivity index (χ1n) is 6.05. The molecule has 2 aromatic rings. The maximum absolute atomic E-state index is 11.8. The van der Waals surface area contributed by atoms with Crippen LogP contribution < -0.4 is 10.6 Å². The minimum atomic E-state index is -0.0374. The molecule has 7 nitrogen and oxygen atoms in total. The number of amides is 1. The molecule has 0 saturated carbocycles. The molecule has 7 heteroatoms. The zero-order valence-corrected chi connectivity index (χ0v) is 10.7. The van der Waals surface area contributed by atoms with Crippen LogP contribution in [0.25, 0.3) is 5.82 Å². The topological polar surface area (TPSA) is 84.7 Å². The van der Waals surface area contributed by atoms with Gasteiger partial charge >= 0.3 is 0 Å². The molecular weight excluding hydrogens is 244 g/mol. The van der Waals surface area contributed by atoms with Gasteiger partial charge in [-0.15, -0.1) is 0 Å². The summed E-state index contributed by atoms with van der Waals surface area (Å²) in [6.45, 7) is 0.816. The predicted molar refractivity (Wildman–Crippen MR) is 70.9 cm³/mol. The third-order valence-electron chi connectivity index (χ3n) is 2.53. The van der Waals surface area contributed by atoms with Gasteiger partial charge in [0, 0.05) is 12.6 Å². The van der Waals surface area contributed by atoms with Crippen molar-refractivity contribution in [3.8, 4) is 5.82 Å². The molecule has 2 N–H and O–H groups in total. The van der Waals surface area contributed by atoms with E-state index in [2.05, 4.69) is 25.7 Å². The number of hydrogen-bond donors (Lipinski definition) is 2. The molecule has 0 aliphatic heterocycles. The lowest BCUT2D eigenvalue weighted by Crippen LogP contribution is -2.16. The Balaban J connectivity index is 2.06. The van der Waals surface area contributed by atoms with E-state index in [4.69, 9.17) is 0 Å². The summed E-state index contributed by atoms with van der Waals surface area (Å²) in [7, 11) is 1.86. The monoisotopic (exact) mass is 260 g/mol. The second kappa shape index (κ2) is 6.60. The number of aromatic nitrogens is 4. The number of carbonyl (C=O) groups is 1. The van der Waals surface area contributed by atoms with Gasteiger partial charge in [0.15, 0.2) is 5.82 Å². The highest BCUT2D eigenvalue weighted by atomic mass is 16.1. The molecule has 0 spiro atoms. The Labute approximate surface area is 111 Å². The molecule has 2 rings (SSSR count). The van der Waals surface area contributed by atoms with Gasteiger partial charge in [-0.3, -0.25) is 4.79 Å². The molecule has 1 amide bonds. The van der Waals surface area contributed by atoms with Gasteiger partial charge in [0.05, 0.1) is 5.69 Å². The number of pyridine rings is 1. The molecule has 0 saturated heterocycles. The lowest BCUT2D eigenvalue weighted by atomic mass is 10.3. The summed E-state index contributed by atoms with van der Waals surface area (Å²) in [5, 5.41) is 9.86. The van der Waals surface area contributed by atoms with Crippen LogP contribution >= 0.6 is 0 Å². The van der Waals surface area contributed by atoms with Gasteiger partial charge in [-0.05, 0) is 32.1 Å². The van der Waals surface area contributed by atoms with Crippen molar-refractivity contribution in [2.75, 3.05) is 18.9 Å². The van der Waals surface area contributed by atoms with Crippen molar-refractivity contribution < 1.29 is 4.79 Å². The number of nitrogens with zero attached hydrogens (tertiary/aromatic N) is 4. The van der Waals surface area contributed by atoms with Crippen LogP contribution in [0.4, 0.5) is 5.69 Å². The second-order valence-electron chi connectivity index (χ2n) is 3.97. The van der Waals surface area contributed by atoms with E-state index in [0.717, 1.165) is 13.0 Å². The average molecular weight is 260 g/mol. The van der Waals surface area contributed by atoms with Crippen LogP contribution in [0, 0.1) is 0 Å². The van der Waals surface area contributed by atoms with Crippen LogP contribution in [0.2, 0.25) is 0 Å². The van der Waals surface area contributed by atoms with E-state index >= 15 is 0 Å². The number of anilines is 1. The van der Waals surface area contributed by atoms with Crippen molar-refractivity contribution >= 4 is 11.6 Å². The second-order valence-corrected chi connectivity index (χ2v) is 3.97. The fourth-order valence-electron chi connectivity index (χ4n) is 1.63. The van der Waals surface area contributed by atoms with Crippen molar-refractivity contribution in [2.24, 2.45) is 0 Å². The Kier molecular flexibility index (Phi) is 4.57. The third-order valence-corrected chi connectivity index (χ3v) is 2.53. The lowest BCUT2D eigenvalue weighted by Gasteiger charge is -2.09. The first-order valence-corrected chi connectivity index (χ1v) is 6.05. The summed E-state index contributed by atoms with van der Waals surface area (Å²) in [6.07, 6.45) is 5.87. The van der Waals surface area contributed by atoms with Crippen molar-refractivity contribution in [1.82, 2.24) is 25.1 Å². The fourth-order valence-corrected chi connectivity index (χ4v) is 1.63. The molecule has 0 aliphatic carbocycles. The predicted octanol–water partition coefficient (Wildman–Crippen LogP) is 0.600. The van der Waals surface area contributed by atoms with Gasteiger partial charge in [-0.1, -0.05) is 0 Å². The summed E-state index contributed by atoms with van der Waals surface area (Å²) in [6, 6.07) is 3.56. The summed E-state index contributed by atoms with van der Waals surface area (Å²) < 4.78 is 1.52. The van der Waals surface area contributed by atoms with Gasteiger partial charge in [-0.2, -0.15) is 5.10 Å². The summed E-state index contributed by atoms with van der Waals surface area (Å²) >= 11 is 0. The van der Waals surface area contributed by atoms with Crippen LogP contribution in [0.15, 0.2) is 31.0 Å². The van der Waals surface area contributed by atoms with Gasteiger partial charge < -0.3 is 10.6 Å². The summed E-state index contributed by atoms with van der Waals surface area (Å²) in [5.41, 5.74) is 0.627. The van der Waals surface area contributed by atoms with Crippen LogP contribution in [-0.4, -0.2) is 39.2 Å². The number of hydrogen-bond acceptors (Lipinski definition) is 5. The quantitative estimate of drug-likeness (QED) is 0.743. The molecule has 0 aliphatic rings. The lowest BCUT2D eigenvalue weighted by molar-refractivity contribution is -0.116.